The van der Waals surface area contributed by atoms with Crippen molar-refractivity contribution in [2.45, 2.75) is 25.3 Å². The molecule has 1 heterocycles. The molecule has 1 N–H and O–H groups in total. The number of nitrogens with zero attached hydrogens (tertiary/aromatic N) is 1. The Hall–Kier alpha value is -2.18. The lowest BCUT2D eigenvalue weighted by Crippen LogP contribution is -2.31. The van der Waals surface area contributed by atoms with Gasteiger partial charge >= 0.3 is 0 Å². The average Bonchev–Trinajstić information content (AvgIpc) is 3.45. The minimum absolute atomic E-state index is 0.0128. The second-order valence-electron chi connectivity index (χ2n) is 6.99. The number of thiazole rings is 1. The molecule has 0 bridgehead atoms. The van der Waals surface area contributed by atoms with E-state index in [-0.39, 0.29) is 11.9 Å². The third kappa shape index (κ3) is 4.62. The van der Waals surface area contributed by atoms with Crippen LogP contribution >= 0.6 is 27.3 Å². The first kappa shape index (κ1) is 19.2. The van der Waals surface area contributed by atoms with E-state index in [1.54, 1.807) is 18.4 Å². The van der Waals surface area contributed by atoms with Gasteiger partial charge in [0.25, 0.3) is 0 Å². The van der Waals surface area contributed by atoms with Gasteiger partial charge in [0.05, 0.1) is 25.3 Å². The SMILES string of the molecule is COc1ccc(C(NC(=O)Cc2csc(-c3cccc(Br)c3)n2)C2CC2)cc1. The Bertz CT molecular complexity index is 967. The number of aromatic nitrogens is 1. The van der Waals surface area contributed by atoms with E-state index in [2.05, 4.69) is 26.2 Å². The zero-order chi connectivity index (χ0) is 19.5. The third-order valence-corrected chi connectivity index (χ3v) is 6.28. The van der Waals surface area contributed by atoms with Gasteiger partial charge in [0.15, 0.2) is 0 Å². The fourth-order valence-electron chi connectivity index (χ4n) is 3.25. The quantitative estimate of drug-likeness (QED) is 0.518. The zero-order valence-corrected chi connectivity index (χ0v) is 17.9. The maximum Gasteiger partial charge on any atom is 0.226 e. The Morgan fingerprint density at radius 2 is 2.07 bits per heavy atom. The van der Waals surface area contributed by atoms with Crippen molar-refractivity contribution in [3.05, 3.63) is 69.6 Å². The molecule has 0 radical (unpaired) electrons. The van der Waals surface area contributed by atoms with Gasteiger partial charge in [-0.05, 0) is 48.6 Å². The monoisotopic (exact) mass is 456 g/mol. The van der Waals surface area contributed by atoms with E-state index in [0.717, 1.165) is 44.9 Å². The van der Waals surface area contributed by atoms with E-state index in [0.29, 0.717) is 12.3 Å². The van der Waals surface area contributed by atoms with Gasteiger partial charge in [0.1, 0.15) is 10.8 Å². The van der Waals surface area contributed by atoms with E-state index in [1.165, 1.54) is 0 Å². The topological polar surface area (TPSA) is 51.2 Å². The average molecular weight is 457 g/mol. The zero-order valence-electron chi connectivity index (χ0n) is 15.5. The van der Waals surface area contributed by atoms with Crippen molar-refractivity contribution in [1.29, 1.82) is 0 Å². The number of ether oxygens (including phenoxy) is 1. The molecule has 0 saturated heterocycles. The molecule has 4 nitrogen and oxygen atoms in total. The van der Waals surface area contributed by atoms with E-state index < -0.39 is 0 Å². The van der Waals surface area contributed by atoms with E-state index in [1.807, 2.05) is 53.9 Å². The minimum atomic E-state index is 0.0128. The number of carbonyl (C=O) groups is 1. The molecule has 0 aliphatic heterocycles. The van der Waals surface area contributed by atoms with Gasteiger partial charge in [0, 0.05) is 15.4 Å². The van der Waals surface area contributed by atoms with Crippen molar-refractivity contribution in [2.24, 2.45) is 5.92 Å². The molecule has 0 spiro atoms. The molecule has 1 atom stereocenters. The van der Waals surface area contributed by atoms with Crippen LogP contribution in [-0.4, -0.2) is 18.0 Å². The van der Waals surface area contributed by atoms with Crippen molar-refractivity contribution >= 4 is 33.2 Å². The molecule has 6 heteroatoms. The normalized spacial score (nSPS) is 14.5. The summed E-state index contributed by atoms with van der Waals surface area (Å²) in [5.41, 5.74) is 2.99. The first-order valence-electron chi connectivity index (χ1n) is 9.26. The maximum absolute atomic E-state index is 12.7. The Morgan fingerprint density at radius 3 is 2.75 bits per heavy atom. The number of methoxy groups -OCH3 is 1. The molecule has 28 heavy (non-hydrogen) atoms. The van der Waals surface area contributed by atoms with E-state index in [4.69, 9.17) is 4.74 Å². The lowest BCUT2D eigenvalue weighted by molar-refractivity contribution is -0.121. The molecule has 1 aliphatic carbocycles. The van der Waals surface area contributed by atoms with Crippen LogP contribution < -0.4 is 10.1 Å². The number of amides is 1. The predicted molar refractivity (Wildman–Crippen MR) is 116 cm³/mol. The summed E-state index contributed by atoms with van der Waals surface area (Å²) in [5.74, 6) is 1.36. The molecule has 144 valence electrons. The number of benzene rings is 2. The van der Waals surface area contributed by atoms with Gasteiger partial charge in [-0.1, -0.05) is 40.2 Å². The molecule has 3 aromatic rings. The lowest BCUT2D eigenvalue weighted by atomic mass is 10.0. The lowest BCUT2D eigenvalue weighted by Gasteiger charge is -2.19. The number of carbonyl (C=O) groups excluding carboxylic acids is 1. The Kier molecular flexibility index (Phi) is 5.78. The minimum Gasteiger partial charge on any atom is -0.497 e. The van der Waals surface area contributed by atoms with E-state index >= 15 is 0 Å². The van der Waals surface area contributed by atoms with Gasteiger partial charge in [-0.3, -0.25) is 4.79 Å². The Morgan fingerprint density at radius 1 is 1.29 bits per heavy atom. The van der Waals surface area contributed by atoms with Crippen LogP contribution in [0.5, 0.6) is 5.75 Å². The molecule has 1 saturated carbocycles. The number of hydrogen-bond acceptors (Lipinski definition) is 4. The third-order valence-electron chi connectivity index (χ3n) is 4.85. The molecule has 1 unspecified atom stereocenters. The van der Waals surface area contributed by atoms with Crippen LogP contribution in [0, 0.1) is 5.92 Å². The molecule has 1 fully saturated rings. The second-order valence-corrected chi connectivity index (χ2v) is 8.76. The number of nitrogens with one attached hydrogen (secondary N) is 1. The van der Waals surface area contributed by atoms with Crippen LogP contribution in [0.2, 0.25) is 0 Å². The van der Waals surface area contributed by atoms with Crippen LogP contribution in [0.15, 0.2) is 58.4 Å². The highest BCUT2D eigenvalue weighted by atomic mass is 79.9. The summed E-state index contributed by atoms with van der Waals surface area (Å²) in [4.78, 5) is 17.3. The molecule has 4 rings (SSSR count). The summed E-state index contributed by atoms with van der Waals surface area (Å²) >= 11 is 5.05. The highest BCUT2D eigenvalue weighted by molar-refractivity contribution is 9.10. The van der Waals surface area contributed by atoms with Gasteiger partial charge in [0.2, 0.25) is 5.91 Å². The Balaban J connectivity index is 1.43. The summed E-state index contributed by atoms with van der Waals surface area (Å²) in [6.45, 7) is 0. The largest absolute Gasteiger partial charge is 0.497 e. The molecular weight excluding hydrogens is 436 g/mol. The van der Waals surface area contributed by atoms with E-state index in [9.17, 15) is 4.79 Å². The molecule has 1 amide bonds. The molecular formula is C22H21BrN2O2S. The summed E-state index contributed by atoms with van der Waals surface area (Å²) in [6, 6.07) is 16.1. The molecule has 1 aliphatic rings. The smallest absolute Gasteiger partial charge is 0.226 e. The van der Waals surface area contributed by atoms with Gasteiger partial charge < -0.3 is 10.1 Å². The van der Waals surface area contributed by atoms with Gasteiger partial charge in [-0.2, -0.15) is 0 Å². The fourth-order valence-corrected chi connectivity index (χ4v) is 4.46. The van der Waals surface area contributed by atoms with Crippen molar-refractivity contribution in [2.75, 3.05) is 7.11 Å². The van der Waals surface area contributed by atoms with Gasteiger partial charge in [-0.15, -0.1) is 11.3 Å². The predicted octanol–water partition coefficient (Wildman–Crippen LogP) is 5.39. The summed E-state index contributed by atoms with van der Waals surface area (Å²) in [7, 11) is 1.66. The van der Waals surface area contributed by atoms with Crippen molar-refractivity contribution in [3.8, 4) is 16.3 Å². The summed E-state index contributed by atoms with van der Waals surface area (Å²) < 4.78 is 6.25. The van der Waals surface area contributed by atoms with Crippen LogP contribution in [0.1, 0.15) is 30.1 Å². The first-order chi connectivity index (χ1) is 13.6. The van der Waals surface area contributed by atoms with Crippen LogP contribution in [0.3, 0.4) is 0 Å². The first-order valence-corrected chi connectivity index (χ1v) is 10.9. The van der Waals surface area contributed by atoms with Crippen LogP contribution in [0.25, 0.3) is 10.6 Å². The second kappa shape index (κ2) is 8.45. The van der Waals surface area contributed by atoms with Crippen LogP contribution in [0.4, 0.5) is 0 Å². The fraction of sp³-hybridized carbons (Fsp3) is 0.273. The number of rotatable bonds is 7. The maximum atomic E-state index is 12.7. The van der Waals surface area contributed by atoms with Crippen molar-refractivity contribution < 1.29 is 9.53 Å². The summed E-state index contributed by atoms with van der Waals surface area (Å²) in [5, 5.41) is 6.11. The molecule has 2 aromatic carbocycles. The number of halogens is 1. The standard InChI is InChI=1S/C22H21BrN2O2S/c1-27-19-9-7-15(8-10-19)21(14-5-6-14)25-20(26)12-18-13-28-22(24-18)16-3-2-4-17(23)11-16/h2-4,7-11,13-14,21H,5-6,12H2,1H3,(H,25,26). The van der Waals surface area contributed by atoms with Crippen molar-refractivity contribution in [3.63, 3.8) is 0 Å². The van der Waals surface area contributed by atoms with Gasteiger partial charge in [-0.25, -0.2) is 4.98 Å². The summed E-state index contributed by atoms with van der Waals surface area (Å²) in [6.07, 6.45) is 2.60. The highest BCUT2D eigenvalue weighted by Crippen LogP contribution is 2.41. The Labute approximate surface area is 177 Å². The molecule has 1 aromatic heterocycles. The van der Waals surface area contributed by atoms with Crippen molar-refractivity contribution in [1.82, 2.24) is 10.3 Å². The highest BCUT2D eigenvalue weighted by Gasteiger charge is 2.33. The number of hydrogen-bond donors (Lipinski definition) is 1. The van der Waals surface area contributed by atoms with Crippen LogP contribution in [-0.2, 0) is 11.2 Å².